The molecular weight excluding hydrogens is 560 g/mol. The van der Waals surface area contributed by atoms with Crippen molar-refractivity contribution in [1.82, 2.24) is 10.3 Å². The van der Waals surface area contributed by atoms with E-state index in [0.717, 1.165) is 31.2 Å². The molecule has 1 amide bonds. The van der Waals surface area contributed by atoms with E-state index < -0.39 is 10.1 Å². The molecule has 3 aromatic rings. The number of carbonyl (C=O) groups is 2. The number of nitrogens with zero attached hydrogens (tertiary/aromatic N) is 2. The van der Waals surface area contributed by atoms with Gasteiger partial charge in [0.1, 0.15) is 21.6 Å². The Labute approximate surface area is 246 Å². The van der Waals surface area contributed by atoms with Gasteiger partial charge in [-0.3, -0.25) is 9.59 Å². The van der Waals surface area contributed by atoms with E-state index in [1.807, 2.05) is 6.92 Å². The maximum Gasteiger partial charge on any atom is 0.252 e. The molecule has 0 fully saturated rings. The molecule has 1 aromatic heterocycles. The second kappa shape index (κ2) is 16.3. The van der Waals surface area contributed by atoms with Gasteiger partial charge in [-0.25, -0.2) is 13.4 Å². The Balaban J connectivity index is 0.00000616. The molecule has 0 aliphatic carbocycles. The molecule has 0 atom stereocenters. The van der Waals surface area contributed by atoms with Crippen LogP contribution in [0.1, 0.15) is 78.8 Å². The van der Waals surface area contributed by atoms with Crippen molar-refractivity contribution in [3.05, 3.63) is 77.0 Å². The number of aromatic nitrogens is 1. The van der Waals surface area contributed by atoms with Gasteiger partial charge in [-0.15, -0.1) is 0 Å². The zero-order valence-corrected chi connectivity index (χ0v) is 23.8. The number of carbonyl (C=O) groups excluding carboxylic acids is 2. The van der Waals surface area contributed by atoms with Crippen molar-refractivity contribution in [1.29, 1.82) is 0 Å². The molecule has 0 radical (unpaired) electrons. The average Bonchev–Trinajstić information content (AvgIpc) is 2.94. The van der Waals surface area contributed by atoms with Gasteiger partial charge in [0.2, 0.25) is 0 Å². The number of hydrogen-bond acceptors (Lipinski definition) is 9. The van der Waals surface area contributed by atoms with E-state index in [2.05, 4.69) is 15.4 Å². The van der Waals surface area contributed by atoms with Crippen molar-refractivity contribution in [2.75, 3.05) is 13.2 Å². The first-order valence-electron chi connectivity index (χ1n) is 13.2. The molecule has 0 bridgehead atoms. The molecule has 4 N–H and O–H groups in total. The maximum atomic E-state index is 12.4. The van der Waals surface area contributed by atoms with Crippen LogP contribution in [0, 0.1) is 0 Å². The molecule has 0 spiro atoms. The number of phenolic OH excluding ortho intramolecular Hbond substituents is 1. The minimum atomic E-state index is -4.61. The number of unbranched alkanes of at least 4 members (excludes halogenated alkanes) is 3. The summed E-state index contributed by atoms with van der Waals surface area (Å²) in [5.41, 5.74) is 3.14. The minimum absolute atomic E-state index is 0. The van der Waals surface area contributed by atoms with Crippen LogP contribution in [0.25, 0.3) is 0 Å². The molecule has 0 aliphatic heterocycles. The lowest BCUT2D eigenvalue weighted by Crippen LogP contribution is -2.71. The first-order valence-corrected chi connectivity index (χ1v) is 14.7. The van der Waals surface area contributed by atoms with E-state index in [1.165, 1.54) is 49.0 Å². The number of Topliss-reactive ketones (excluding diaryl/α,β-unsaturated/α-hetero) is 1. The Morgan fingerprint density at radius 2 is 1.86 bits per heavy atom. The van der Waals surface area contributed by atoms with E-state index in [4.69, 9.17) is 4.74 Å². The lowest BCUT2D eigenvalue weighted by Gasteiger charge is -2.13. The fourth-order valence-electron chi connectivity index (χ4n) is 4.00. The Hall–Kier alpha value is -4.13. The van der Waals surface area contributed by atoms with Gasteiger partial charge in [0.05, 0.1) is 28.8 Å². The second-order valence-corrected chi connectivity index (χ2v) is 10.6. The van der Waals surface area contributed by atoms with Gasteiger partial charge in [0.25, 0.3) is 11.7 Å². The molecule has 2 aromatic carbocycles. The number of nitrogens with one attached hydrogen (secondary N) is 1. The van der Waals surface area contributed by atoms with Crippen LogP contribution in [0.5, 0.6) is 11.5 Å². The van der Waals surface area contributed by atoms with Gasteiger partial charge in [-0.05, 0) is 49.9 Å². The molecule has 3 rings (SSSR count). The van der Waals surface area contributed by atoms with E-state index in [-0.39, 0.29) is 35.3 Å². The van der Waals surface area contributed by atoms with Crippen LogP contribution in [0.15, 0.2) is 64.7 Å². The first-order chi connectivity index (χ1) is 19.6. The maximum absolute atomic E-state index is 12.4. The Morgan fingerprint density at radius 3 is 2.52 bits per heavy atom. The lowest BCUT2D eigenvalue weighted by molar-refractivity contribution is -0.580. The van der Waals surface area contributed by atoms with E-state index >= 15 is 0 Å². The largest absolute Gasteiger partial charge is 0.744 e. The van der Waals surface area contributed by atoms with Gasteiger partial charge < -0.3 is 19.7 Å². The summed E-state index contributed by atoms with van der Waals surface area (Å²) in [6.07, 6.45) is 6.80. The Bertz CT molecular complexity index is 1490. The number of ether oxygens (including phenoxy) is 1. The van der Waals surface area contributed by atoms with Crippen molar-refractivity contribution < 1.29 is 37.8 Å². The summed E-state index contributed by atoms with van der Waals surface area (Å²) in [6, 6.07) is 12.2. The number of ketones is 1. The topological polar surface area (TPSA) is 175 Å². The normalized spacial score (nSPS) is 11.2. The SMILES string of the molecule is C.CCc1cc(C(C)=O)c(O)cc1OCCCCCCNC(=O)c1ccc([NH2+]/N=C/c2ccccc2S(=O)(=O)[O-])nc1. The quantitative estimate of drug-likeness (QED) is 0.0593. The summed E-state index contributed by atoms with van der Waals surface area (Å²) in [6.45, 7) is 4.38. The van der Waals surface area contributed by atoms with Crippen LogP contribution >= 0.6 is 0 Å². The van der Waals surface area contributed by atoms with Gasteiger partial charge in [0, 0.05) is 30.4 Å². The number of rotatable bonds is 15. The summed E-state index contributed by atoms with van der Waals surface area (Å²) in [4.78, 5) is 27.8. The monoisotopic (exact) mass is 598 g/mol. The molecule has 0 aliphatic rings. The number of amides is 1. The number of aromatic hydroxyl groups is 1. The van der Waals surface area contributed by atoms with Crippen molar-refractivity contribution in [3.63, 3.8) is 0 Å². The smallest absolute Gasteiger partial charge is 0.252 e. The molecule has 0 unspecified atom stereocenters. The molecule has 1 heterocycles. The number of pyridine rings is 1. The van der Waals surface area contributed by atoms with Crippen LogP contribution in [0.2, 0.25) is 0 Å². The zero-order valence-electron chi connectivity index (χ0n) is 23.0. The van der Waals surface area contributed by atoms with E-state index in [0.29, 0.717) is 42.3 Å². The number of benzene rings is 2. The van der Waals surface area contributed by atoms with Gasteiger partial charge >= 0.3 is 0 Å². The second-order valence-electron chi connectivity index (χ2n) is 9.28. The number of aryl methyl sites for hydroxylation is 1. The number of quaternary nitrogens is 1. The molecule has 226 valence electrons. The highest BCUT2D eigenvalue weighted by Crippen LogP contribution is 2.29. The predicted molar refractivity (Wildman–Crippen MR) is 158 cm³/mol. The minimum Gasteiger partial charge on any atom is -0.744 e. The van der Waals surface area contributed by atoms with Crippen molar-refractivity contribution in [2.24, 2.45) is 5.10 Å². The van der Waals surface area contributed by atoms with E-state index in [1.54, 1.807) is 24.3 Å². The molecule has 12 heteroatoms. The third-order valence-corrected chi connectivity index (χ3v) is 7.12. The lowest BCUT2D eigenvalue weighted by atomic mass is 10.0. The van der Waals surface area contributed by atoms with Crippen LogP contribution in [0.4, 0.5) is 5.82 Å². The van der Waals surface area contributed by atoms with Crippen molar-refractivity contribution >= 4 is 33.8 Å². The molecule has 11 nitrogen and oxygen atoms in total. The number of phenols is 1. The fourth-order valence-corrected chi connectivity index (χ4v) is 4.65. The van der Waals surface area contributed by atoms with Crippen LogP contribution in [-0.2, 0) is 16.5 Å². The fraction of sp³-hybridized carbons (Fsp3) is 0.333. The van der Waals surface area contributed by atoms with Crippen molar-refractivity contribution in [3.8, 4) is 11.5 Å². The van der Waals surface area contributed by atoms with Gasteiger partial charge in [-0.2, -0.15) is 5.43 Å². The number of hydrogen-bond donors (Lipinski definition) is 3. The van der Waals surface area contributed by atoms with E-state index in [9.17, 15) is 27.7 Å². The average molecular weight is 599 g/mol. The number of nitrogens with two attached hydrogens (primary N) is 1. The van der Waals surface area contributed by atoms with Gasteiger partial charge in [0.15, 0.2) is 5.78 Å². The highest BCUT2D eigenvalue weighted by molar-refractivity contribution is 7.85. The standard InChI is InChI=1S/C29H34N4O7S.CH4/c1-3-21-16-24(20(2)34)25(35)17-26(21)40-15-9-5-4-8-14-30-29(36)23-12-13-28(31-18-23)33-32-19-22-10-6-7-11-27(22)41(37,38)39;/h6-7,10-13,16-19,35H,3-5,8-9,14-15H2,1-2H3,(H,30,36)(H,31,33)(H,37,38,39);1H4/b32-19+;. The summed E-state index contributed by atoms with van der Waals surface area (Å²) < 4.78 is 39.9. The Morgan fingerprint density at radius 1 is 1.12 bits per heavy atom. The summed E-state index contributed by atoms with van der Waals surface area (Å²) >= 11 is 0. The molecule has 0 saturated carbocycles. The molecule has 0 saturated heterocycles. The summed E-state index contributed by atoms with van der Waals surface area (Å²) in [5, 5.41) is 17.0. The van der Waals surface area contributed by atoms with Crippen molar-refractivity contribution in [2.45, 2.75) is 58.3 Å². The van der Waals surface area contributed by atoms with Crippen LogP contribution in [0.3, 0.4) is 0 Å². The third kappa shape index (κ3) is 10.1. The summed E-state index contributed by atoms with van der Waals surface area (Å²) in [5.74, 6) is 0.539. The predicted octanol–water partition coefficient (Wildman–Crippen LogP) is 3.69. The highest BCUT2D eigenvalue weighted by atomic mass is 32.2. The molecular formula is C30H38N4O7S. The Kier molecular flexibility index (Phi) is 13.3. The molecule has 42 heavy (non-hydrogen) atoms. The summed E-state index contributed by atoms with van der Waals surface area (Å²) in [7, 11) is -4.61. The van der Waals surface area contributed by atoms with Gasteiger partial charge in [-0.1, -0.05) is 50.5 Å². The van der Waals surface area contributed by atoms with Crippen LogP contribution < -0.4 is 15.5 Å². The first kappa shape index (κ1) is 34.1. The van der Waals surface area contributed by atoms with Crippen LogP contribution in [-0.4, -0.2) is 54.1 Å². The zero-order chi connectivity index (χ0) is 29.8. The third-order valence-electron chi connectivity index (χ3n) is 6.21. The highest BCUT2D eigenvalue weighted by Gasteiger charge is 2.13.